The number of anilines is 1. The minimum atomic E-state index is -0.170. The molecule has 0 saturated carbocycles. The molecule has 1 atom stereocenters. The highest BCUT2D eigenvalue weighted by atomic mass is 35.5. The van der Waals surface area contributed by atoms with Crippen molar-refractivity contribution in [3.63, 3.8) is 0 Å². The summed E-state index contributed by atoms with van der Waals surface area (Å²) in [6.45, 7) is 4.71. The molecule has 2 rings (SSSR count). The Morgan fingerprint density at radius 2 is 1.91 bits per heavy atom. The Bertz CT molecular complexity index is 533. The largest absolute Gasteiger partial charge is 0.378 e. The van der Waals surface area contributed by atoms with Crippen molar-refractivity contribution in [1.82, 2.24) is 10.2 Å². The average Bonchev–Trinajstić information content (AvgIpc) is 2.55. The number of amides is 2. The molecule has 1 aromatic rings. The summed E-state index contributed by atoms with van der Waals surface area (Å²) >= 11 is 0. The van der Waals surface area contributed by atoms with Crippen LogP contribution in [0.2, 0.25) is 0 Å². The lowest BCUT2D eigenvalue weighted by atomic mass is 10.1. The number of para-hydroxylation sites is 1. The van der Waals surface area contributed by atoms with E-state index in [1.165, 1.54) is 0 Å². The molecule has 0 spiro atoms. The van der Waals surface area contributed by atoms with Crippen LogP contribution in [0.3, 0.4) is 0 Å². The summed E-state index contributed by atoms with van der Waals surface area (Å²) in [7, 11) is 1.81. The Balaban J connectivity index is 0.00000264. The smallest absolute Gasteiger partial charge is 0.256 e. The van der Waals surface area contributed by atoms with Crippen molar-refractivity contribution in [2.45, 2.75) is 6.92 Å². The molecule has 1 saturated heterocycles. The van der Waals surface area contributed by atoms with E-state index in [0.717, 1.165) is 0 Å². The van der Waals surface area contributed by atoms with Crippen LogP contribution in [0.25, 0.3) is 0 Å². The Kier molecular flexibility index (Phi) is 8.02. The maximum atomic E-state index is 12.6. The third-order valence-electron chi connectivity index (χ3n) is 3.67. The van der Waals surface area contributed by atoms with Crippen molar-refractivity contribution in [2.24, 2.45) is 5.92 Å². The highest BCUT2D eigenvalue weighted by molar-refractivity contribution is 6.04. The van der Waals surface area contributed by atoms with Gasteiger partial charge in [0.2, 0.25) is 5.91 Å². The van der Waals surface area contributed by atoms with E-state index < -0.39 is 0 Å². The Morgan fingerprint density at radius 1 is 1.26 bits per heavy atom. The zero-order valence-electron chi connectivity index (χ0n) is 13.5. The summed E-state index contributed by atoms with van der Waals surface area (Å²) in [5.41, 5.74) is 1.08. The molecule has 1 aliphatic heterocycles. The van der Waals surface area contributed by atoms with E-state index in [2.05, 4.69) is 10.6 Å². The molecule has 1 aliphatic rings. The first-order valence-electron chi connectivity index (χ1n) is 7.55. The molecule has 0 radical (unpaired) electrons. The van der Waals surface area contributed by atoms with E-state index in [9.17, 15) is 9.59 Å². The van der Waals surface area contributed by atoms with Crippen molar-refractivity contribution in [3.05, 3.63) is 29.8 Å². The van der Waals surface area contributed by atoms with Gasteiger partial charge in [0.25, 0.3) is 5.91 Å². The second-order valence-corrected chi connectivity index (χ2v) is 5.40. The van der Waals surface area contributed by atoms with Gasteiger partial charge in [0.05, 0.1) is 24.5 Å². The standard InChI is InChI=1S/C16H23N3O3.ClH/c1-12(11-17-2)15(20)18-14-6-4-3-5-13(14)16(21)19-7-9-22-10-8-19;/h3-6,12,17H,7-11H2,1-2H3,(H,18,20);1H. The highest BCUT2D eigenvalue weighted by Gasteiger charge is 2.22. The van der Waals surface area contributed by atoms with Gasteiger partial charge >= 0.3 is 0 Å². The van der Waals surface area contributed by atoms with Crippen LogP contribution in [-0.4, -0.2) is 56.6 Å². The van der Waals surface area contributed by atoms with E-state index in [1.54, 1.807) is 30.1 Å². The number of ether oxygens (including phenoxy) is 1. The molecule has 0 aliphatic carbocycles. The number of nitrogens with one attached hydrogen (secondary N) is 2. The summed E-state index contributed by atoms with van der Waals surface area (Å²) in [5.74, 6) is -0.339. The molecular formula is C16H24ClN3O3. The summed E-state index contributed by atoms with van der Waals surface area (Å²) < 4.78 is 5.27. The third-order valence-corrected chi connectivity index (χ3v) is 3.67. The van der Waals surface area contributed by atoms with Crippen LogP contribution in [0.5, 0.6) is 0 Å². The van der Waals surface area contributed by atoms with Gasteiger partial charge in [-0.2, -0.15) is 0 Å². The number of carbonyl (C=O) groups excluding carboxylic acids is 2. The number of benzene rings is 1. The monoisotopic (exact) mass is 341 g/mol. The summed E-state index contributed by atoms with van der Waals surface area (Å²) in [5, 5.41) is 5.83. The third kappa shape index (κ3) is 5.20. The lowest BCUT2D eigenvalue weighted by molar-refractivity contribution is -0.119. The second kappa shape index (κ2) is 9.50. The fourth-order valence-electron chi connectivity index (χ4n) is 2.37. The summed E-state index contributed by atoms with van der Waals surface area (Å²) in [6, 6.07) is 7.13. The van der Waals surface area contributed by atoms with Crippen LogP contribution in [0.15, 0.2) is 24.3 Å². The lowest BCUT2D eigenvalue weighted by Gasteiger charge is -2.27. The SMILES string of the molecule is CNCC(C)C(=O)Nc1ccccc1C(=O)N1CCOCC1.Cl. The zero-order valence-corrected chi connectivity index (χ0v) is 14.3. The number of carbonyl (C=O) groups is 2. The molecule has 2 amide bonds. The number of hydrogen-bond acceptors (Lipinski definition) is 4. The number of morpholine rings is 1. The molecule has 7 heteroatoms. The van der Waals surface area contributed by atoms with Crippen LogP contribution in [0, 0.1) is 5.92 Å². The van der Waals surface area contributed by atoms with E-state index in [0.29, 0.717) is 44.1 Å². The molecule has 6 nitrogen and oxygen atoms in total. The minimum Gasteiger partial charge on any atom is -0.378 e. The Labute approximate surface area is 143 Å². The topological polar surface area (TPSA) is 70.7 Å². The summed E-state index contributed by atoms with van der Waals surface area (Å²) in [4.78, 5) is 26.5. The predicted molar refractivity (Wildman–Crippen MR) is 92.1 cm³/mol. The van der Waals surface area contributed by atoms with Gasteiger partial charge in [-0.1, -0.05) is 19.1 Å². The molecule has 1 aromatic carbocycles. The van der Waals surface area contributed by atoms with E-state index in [4.69, 9.17) is 4.74 Å². The highest BCUT2D eigenvalue weighted by Crippen LogP contribution is 2.19. The molecule has 1 unspecified atom stereocenters. The average molecular weight is 342 g/mol. The zero-order chi connectivity index (χ0) is 15.9. The summed E-state index contributed by atoms with van der Waals surface area (Å²) in [6.07, 6.45) is 0. The fourth-order valence-corrected chi connectivity index (χ4v) is 2.37. The van der Waals surface area contributed by atoms with Gasteiger partial charge in [0, 0.05) is 25.6 Å². The maximum absolute atomic E-state index is 12.6. The second-order valence-electron chi connectivity index (χ2n) is 5.40. The van der Waals surface area contributed by atoms with Crippen molar-refractivity contribution in [3.8, 4) is 0 Å². The number of rotatable bonds is 5. The van der Waals surface area contributed by atoms with E-state index in [1.807, 2.05) is 13.0 Å². The van der Waals surface area contributed by atoms with Gasteiger partial charge in [0.1, 0.15) is 0 Å². The molecular weight excluding hydrogens is 318 g/mol. The number of halogens is 1. The molecule has 1 heterocycles. The van der Waals surface area contributed by atoms with Gasteiger partial charge < -0.3 is 20.3 Å². The predicted octanol–water partition coefficient (Wildman–Crippen LogP) is 1.37. The van der Waals surface area contributed by atoms with Gasteiger partial charge in [-0.3, -0.25) is 9.59 Å². The number of hydrogen-bond donors (Lipinski definition) is 2. The molecule has 23 heavy (non-hydrogen) atoms. The van der Waals surface area contributed by atoms with Crippen LogP contribution in [0.1, 0.15) is 17.3 Å². The van der Waals surface area contributed by atoms with Gasteiger partial charge in [0.15, 0.2) is 0 Å². The Hall–Kier alpha value is -1.63. The van der Waals surface area contributed by atoms with Gasteiger partial charge in [-0.15, -0.1) is 12.4 Å². The molecule has 0 bridgehead atoms. The maximum Gasteiger partial charge on any atom is 0.256 e. The van der Waals surface area contributed by atoms with E-state index >= 15 is 0 Å². The molecule has 128 valence electrons. The van der Waals surface area contributed by atoms with Gasteiger partial charge in [-0.25, -0.2) is 0 Å². The first-order valence-corrected chi connectivity index (χ1v) is 7.55. The van der Waals surface area contributed by atoms with Gasteiger partial charge in [-0.05, 0) is 19.2 Å². The molecule has 1 fully saturated rings. The quantitative estimate of drug-likeness (QED) is 0.848. The van der Waals surface area contributed by atoms with Crippen molar-refractivity contribution in [1.29, 1.82) is 0 Å². The minimum absolute atomic E-state index is 0. The van der Waals surface area contributed by atoms with Crippen LogP contribution in [-0.2, 0) is 9.53 Å². The van der Waals surface area contributed by atoms with Crippen molar-refractivity contribution >= 4 is 29.9 Å². The van der Waals surface area contributed by atoms with Crippen molar-refractivity contribution in [2.75, 3.05) is 45.2 Å². The molecule has 0 aromatic heterocycles. The van der Waals surface area contributed by atoms with E-state index in [-0.39, 0.29) is 30.1 Å². The van der Waals surface area contributed by atoms with Crippen LogP contribution < -0.4 is 10.6 Å². The normalized spacial score (nSPS) is 15.5. The first-order chi connectivity index (χ1) is 10.6. The fraction of sp³-hybridized carbons (Fsp3) is 0.500. The first kappa shape index (κ1) is 19.4. The van der Waals surface area contributed by atoms with Crippen LogP contribution in [0.4, 0.5) is 5.69 Å². The van der Waals surface area contributed by atoms with Crippen LogP contribution >= 0.6 is 12.4 Å². The Morgan fingerprint density at radius 3 is 2.57 bits per heavy atom. The lowest BCUT2D eigenvalue weighted by Crippen LogP contribution is -2.41. The molecule has 2 N–H and O–H groups in total. The van der Waals surface area contributed by atoms with Crippen molar-refractivity contribution < 1.29 is 14.3 Å². The number of nitrogens with zero attached hydrogens (tertiary/aromatic N) is 1.